The maximum absolute atomic E-state index is 11.7. The summed E-state index contributed by atoms with van der Waals surface area (Å²) in [5.41, 5.74) is 0.655. The monoisotopic (exact) mass is 251 g/mol. The van der Waals surface area contributed by atoms with E-state index < -0.39 is 17.8 Å². The van der Waals surface area contributed by atoms with Crippen molar-refractivity contribution in [1.29, 1.82) is 0 Å². The second-order valence-electron chi connectivity index (χ2n) is 4.15. The van der Waals surface area contributed by atoms with Gasteiger partial charge in [0.25, 0.3) is 0 Å². The number of carbonyl (C=O) groups is 2. The summed E-state index contributed by atoms with van der Waals surface area (Å²) in [6.45, 7) is 1.75. The van der Waals surface area contributed by atoms with Gasteiger partial charge in [-0.2, -0.15) is 4.98 Å². The van der Waals surface area contributed by atoms with Gasteiger partial charge in [0.2, 0.25) is 17.7 Å². The topological polar surface area (TPSA) is 101 Å². The van der Waals surface area contributed by atoms with E-state index >= 15 is 0 Å². The molecule has 1 heterocycles. The molecule has 1 aliphatic rings. The van der Waals surface area contributed by atoms with Crippen LogP contribution >= 0.6 is 0 Å². The highest BCUT2D eigenvalue weighted by Crippen LogP contribution is 2.39. The summed E-state index contributed by atoms with van der Waals surface area (Å²) in [7, 11) is 1.47. The van der Waals surface area contributed by atoms with Crippen LogP contribution < -0.4 is 10.1 Å². The number of nitrogens with one attached hydrogen (secondary N) is 1. The van der Waals surface area contributed by atoms with Crippen LogP contribution in [0.3, 0.4) is 0 Å². The molecular weight excluding hydrogens is 238 g/mol. The third-order valence-corrected chi connectivity index (χ3v) is 2.72. The van der Waals surface area contributed by atoms with Crippen LogP contribution in [0.25, 0.3) is 0 Å². The van der Waals surface area contributed by atoms with E-state index in [9.17, 15) is 9.59 Å². The van der Waals surface area contributed by atoms with Gasteiger partial charge in [0.15, 0.2) is 0 Å². The second kappa shape index (κ2) is 4.59. The Morgan fingerprint density at radius 1 is 1.44 bits per heavy atom. The Morgan fingerprint density at radius 3 is 2.72 bits per heavy atom. The van der Waals surface area contributed by atoms with Gasteiger partial charge in [0.05, 0.1) is 18.9 Å². The van der Waals surface area contributed by atoms with Crippen LogP contribution in [0.5, 0.6) is 5.88 Å². The van der Waals surface area contributed by atoms with Crippen molar-refractivity contribution in [2.45, 2.75) is 13.3 Å². The fraction of sp³-hybridized carbons (Fsp3) is 0.455. The van der Waals surface area contributed by atoms with E-state index in [1.54, 1.807) is 13.0 Å². The molecule has 2 rings (SSSR count). The lowest BCUT2D eigenvalue weighted by atomic mass is 10.3. The Labute approximate surface area is 103 Å². The fourth-order valence-corrected chi connectivity index (χ4v) is 1.66. The molecule has 1 fully saturated rings. The van der Waals surface area contributed by atoms with E-state index in [1.807, 2.05) is 0 Å². The third-order valence-electron chi connectivity index (χ3n) is 2.72. The first-order valence-corrected chi connectivity index (χ1v) is 5.44. The van der Waals surface area contributed by atoms with Crippen molar-refractivity contribution in [2.75, 3.05) is 12.4 Å². The van der Waals surface area contributed by atoms with E-state index in [0.717, 1.165) is 0 Å². The van der Waals surface area contributed by atoms with Gasteiger partial charge in [0, 0.05) is 11.8 Å². The predicted molar refractivity (Wildman–Crippen MR) is 61.2 cm³/mol. The number of anilines is 1. The third kappa shape index (κ3) is 2.55. The lowest BCUT2D eigenvalue weighted by Gasteiger charge is -2.05. The van der Waals surface area contributed by atoms with Crippen LogP contribution in [0.1, 0.15) is 12.1 Å². The molecular formula is C11H13N3O4. The summed E-state index contributed by atoms with van der Waals surface area (Å²) in [5.74, 6) is -1.90. The van der Waals surface area contributed by atoms with E-state index in [2.05, 4.69) is 15.3 Å². The van der Waals surface area contributed by atoms with Gasteiger partial charge in [-0.15, -0.1) is 0 Å². The SMILES string of the molecule is COc1cc(C)nc(NC(=O)C2CC2C(=O)O)n1. The minimum Gasteiger partial charge on any atom is -0.481 e. The van der Waals surface area contributed by atoms with E-state index in [1.165, 1.54) is 7.11 Å². The Morgan fingerprint density at radius 2 is 2.17 bits per heavy atom. The number of nitrogens with zero attached hydrogens (tertiary/aromatic N) is 2. The number of hydrogen-bond acceptors (Lipinski definition) is 5. The van der Waals surface area contributed by atoms with Crippen LogP contribution in [-0.4, -0.2) is 34.1 Å². The molecule has 96 valence electrons. The molecule has 0 aromatic carbocycles. The minimum absolute atomic E-state index is 0.132. The molecule has 2 unspecified atom stereocenters. The van der Waals surface area contributed by atoms with Gasteiger partial charge in [-0.3, -0.25) is 14.9 Å². The summed E-state index contributed by atoms with van der Waals surface area (Å²) in [5, 5.41) is 11.2. The number of hydrogen-bond donors (Lipinski definition) is 2. The molecule has 18 heavy (non-hydrogen) atoms. The second-order valence-corrected chi connectivity index (χ2v) is 4.15. The largest absolute Gasteiger partial charge is 0.481 e. The van der Waals surface area contributed by atoms with Crippen LogP contribution in [0.2, 0.25) is 0 Å². The first-order chi connectivity index (χ1) is 8.51. The molecule has 1 aromatic rings. The van der Waals surface area contributed by atoms with Crippen molar-refractivity contribution in [2.24, 2.45) is 11.8 Å². The van der Waals surface area contributed by atoms with Crippen molar-refractivity contribution < 1.29 is 19.4 Å². The number of carbonyl (C=O) groups excluding carboxylic acids is 1. The molecule has 0 radical (unpaired) electrons. The molecule has 2 atom stereocenters. The number of aliphatic carboxylic acids is 1. The molecule has 7 heteroatoms. The molecule has 1 amide bonds. The zero-order valence-electron chi connectivity index (χ0n) is 10.0. The van der Waals surface area contributed by atoms with Gasteiger partial charge in [0.1, 0.15) is 0 Å². The first kappa shape index (κ1) is 12.3. The van der Waals surface area contributed by atoms with Gasteiger partial charge < -0.3 is 9.84 Å². The molecule has 0 bridgehead atoms. The van der Waals surface area contributed by atoms with E-state index in [-0.39, 0.29) is 11.9 Å². The minimum atomic E-state index is -0.946. The molecule has 0 spiro atoms. The fourth-order valence-electron chi connectivity index (χ4n) is 1.66. The zero-order chi connectivity index (χ0) is 13.3. The lowest BCUT2D eigenvalue weighted by molar-refractivity contribution is -0.139. The Balaban J connectivity index is 2.04. The number of amides is 1. The summed E-state index contributed by atoms with van der Waals surface area (Å²) in [4.78, 5) is 30.3. The predicted octanol–water partition coefficient (Wildman–Crippen LogP) is 0.453. The highest BCUT2D eigenvalue weighted by atomic mass is 16.5. The maximum atomic E-state index is 11.7. The van der Waals surface area contributed by atoms with E-state index in [0.29, 0.717) is 18.0 Å². The average molecular weight is 251 g/mol. The number of methoxy groups -OCH3 is 1. The van der Waals surface area contributed by atoms with Crippen molar-refractivity contribution in [3.63, 3.8) is 0 Å². The van der Waals surface area contributed by atoms with Gasteiger partial charge in [-0.25, -0.2) is 4.98 Å². The number of ether oxygens (including phenoxy) is 1. The summed E-state index contributed by atoms with van der Waals surface area (Å²) in [6.07, 6.45) is 0.365. The van der Waals surface area contributed by atoms with Crippen molar-refractivity contribution in [3.05, 3.63) is 11.8 Å². The Kier molecular flexibility index (Phi) is 3.14. The number of aromatic nitrogens is 2. The van der Waals surface area contributed by atoms with E-state index in [4.69, 9.17) is 9.84 Å². The standard InChI is InChI=1S/C11H13N3O4/c1-5-3-8(18-2)13-11(12-5)14-9(15)6-4-7(6)10(16)17/h3,6-7H,4H2,1-2H3,(H,16,17)(H,12,13,14,15). The quantitative estimate of drug-likeness (QED) is 0.805. The molecule has 7 nitrogen and oxygen atoms in total. The molecule has 1 aliphatic carbocycles. The average Bonchev–Trinajstić information content (AvgIpc) is 3.07. The van der Waals surface area contributed by atoms with Gasteiger partial charge in [-0.05, 0) is 13.3 Å². The summed E-state index contributed by atoms with van der Waals surface area (Å²) >= 11 is 0. The highest BCUT2D eigenvalue weighted by Gasteiger charge is 2.48. The van der Waals surface area contributed by atoms with Crippen molar-refractivity contribution >= 4 is 17.8 Å². The van der Waals surface area contributed by atoms with Crippen LogP contribution in [-0.2, 0) is 9.59 Å². The highest BCUT2D eigenvalue weighted by molar-refractivity contribution is 5.97. The van der Waals surface area contributed by atoms with Crippen LogP contribution in [0.15, 0.2) is 6.07 Å². The number of carboxylic acid groups (broad SMARTS) is 1. The summed E-state index contributed by atoms with van der Waals surface area (Å²) < 4.78 is 4.96. The number of carboxylic acids is 1. The maximum Gasteiger partial charge on any atom is 0.307 e. The number of aryl methyl sites for hydroxylation is 1. The molecule has 0 saturated heterocycles. The normalized spacial score (nSPS) is 21.2. The van der Waals surface area contributed by atoms with Crippen molar-refractivity contribution in [3.8, 4) is 5.88 Å². The molecule has 1 saturated carbocycles. The Hall–Kier alpha value is -2.18. The van der Waals surface area contributed by atoms with Gasteiger partial charge >= 0.3 is 5.97 Å². The molecule has 1 aromatic heterocycles. The molecule has 2 N–H and O–H groups in total. The van der Waals surface area contributed by atoms with Crippen LogP contribution in [0.4, 0.5) is 5.95 Å². The molecule has 0 aliphatic heterocycles. The lowest BCUT2D eigenvalue weighted by Crippen LogP contribution is -2.18. The van der Waals surface area contributed by atoms with Crippen molar-refractivity contribution in [1.82, 2.24) is 9.97 Å². The summed E-state index contributed by atoms with van der Waals surface area (Å²) in [6, 6.07) is 1.63. The first-order valence-electron chi connectivity index (χ1n) is 5.44. The smallest absolute Gasteiger partial charge is 0.307 e. The Bertz CT molecular complexity index is 503. The van der Waals surface area contributed by atoms with Gasteiger partial charge in [-0.1, -0.05) is 0 Å². The number of rotatable bonds is 4. The van der Waals surface area contributed by atoms with Crippen LogP contribution in [0, 0.1) is 18.8 Å². The zero-order valence-corrected chi connectivity index (χ0v) is 10.0.